The Kier molecular flexibility index (Phi) is 2.89. The van der Waals surface area contributed by atoms with Gasteiger partial charge in [-0.25, -0.2) is 17.9 Å². The Balaban J connectivity index is 2.11. The Labute approximate surface area is 115 Å². The third kappa shape index (κ3) is 2.11. The van der Waals surface area contributed by atoms with Gasteiger partial charge in [0.05, 0.1) is 23.7 Å². The summed E-state index contributed by atoms with van der Waals surface area (Å²) >= 11 is 0. The zero-order valence-corrected chi connectivity index (χ0v) is 11.3. The van der Waals surface area contributed by atoms with Gasteiger partial charge in [-0.15, -0.1) is 0 Å². The van der Waals surface area contributed by atoms with Crippen molar-refractivity contribution in [2.24, 2.45) is 0 Å². The summed E-state index contributed by atoms with van der Waals surface area (Å²) in [6, 6.07) is 3.23. The molecule has 1 atom stereocenters. The lowest BCUT2D eigenvalue weighted by molar-refractivity contribution is 0.0696. The van der Waals surface area contributed by atoms with E-state index < -0.39 is 15.8 Å². The zero-order chi connectivity index (χ0) is 14.3. The largest absolute Gasteiger partial charge is 0.477 e. The average Bonchev–Trinajstić information content (AvgIpc) is 3.04. The van der Waals surface area contributed by atoms with Crippen LogP contribution in [0.5, 0.6) is 0 Å². The predicted molar refractivity (Wildman–Crippen MR) is 70.8 cm³/mol. The first-order chi connectivity index (χ1) is 9.48. The lowest BCUT2D eigenvalue weighted by atomic mass is 10.2. The molecule has 3 heterocycles. The van der Waals surface area contributed by atoms with E-state index >= 15 is 0 Å². The third-order valence-electron chi connectivity index (χ3n) is 3.40. The first kappa shape index (κ1) is 12.9. The molecule has 20 heavy (non-hydrogen) atoms. The minimum Gasteiger partial charge on any atom is -0.477 e. The molecule has 2 aromatic heterocycles. The van der Waals surface area contributed by atoms with Gasteiger partial charge in [0.2, 0.25) is 0 Å². The number of rotatable bonds is 3. The Morgan fingerprint density at radius 3 is 2.60 bits per heavy atom. The number of aromatic carboxylic acids is 1. The highest BCUT2D eigenvalue weighted by Gasteiger charge is 2.32. The van der Waals surface area contributed by atoms with Crippen molar-refractivity contribution in [3.63, 3.8) is 0 Å². The third-order valence-corrected chi connectivity index (χ3v) is 5.15. The molecule has 1 saturated heterocycles. The highest BCUT2D eigenvalue weighted by molar-refractivity contribution is 7.91. The van der Waals surface area contributed by atoms with Crippen molar-refractivity contribution in [1.82, 2.24) is 14.3 Å². The van der Waals surface area contributed by atoms with Gasteiger partial charge in [0.15, 0.2) is 9.84 Å². The van der Waals surface area contributed by atoms with E-state index in [1.165, 1.54) is 10.9 Å². The lowest BCUT2D eigenvalue weighted by Gasteiger charge is -2.14. The second-order valence-electron chi connectivity index (χ2n) is 4.78. The highest BCUT2D eigenvalue weighted by atomic mass is 32.2. The minimum absolute atomic E-state index is 0.00199. The van der Waals surface area contributed by atoms with E-state index in [9.17, 15) is 18.3 Å². The van der Waals surface area contributed by atoms with Crippen LogP contribution in [0.25, 0.3) is 5.82 Å². The molecule has 7 nitrogen and oxygen atoms in total. The van der Waals surface area contributed by atoms with Crippen LogP contribution in [0.4, 0.5) is 0 Å². The molecular weight excluding hydrogens is 282 g/mol. The summed E-state index contributed by atoms with van der Waals surface area (Å²) in [6.45, 7) is 0. The van der Waals surface area contributed by atoms with Gasteiger partial charge in [0.25, 0.3) is 0 Å². The van der Waals surface area contributed by atoms with Crippen LogP contribution in [-0.2, 0) is 9.84 Å². The highest BCUT2D eigenvalue weighted by Crippen LogP contribution is 2.27. The number of carboxylic acid groups (broad SMARTS) is 1. The van der Waals surface area contributed by atoms with Crippen molar-refractivity contribution in [2.45, 2.75) is 12.5 Å². The van der Waals surface area contributed by atoms with Crippen LogP contribution < -0.4 is 0 Å². The number of carboxylic acids is 1. The number of carbonyl (C=O) groups is 1. The van der Waals surface area contributed by atoms with Crippen molar-refractivity contribution in [3.05, 3.63) is 36.3 Å². The van der Waals surface area contributed by atoms with Crippen molar-refractivity contribution < 1.29 is 18.3 Å². The van der Waals surface area contributed by atoms with Gasteiger partial charge in [0.1, 0.15) is 11.4 Å². The molecule has 0 amide bonds. The van der Waals surface area contributed by atoms with E-state index in [4.69, 9.17) is 0 Å². The number of hydrogen-bond acceptors (Lipinski definition) is 4. The molecule has 0 bridgehead atoms. The standard InChI is InChI=1S/C12H13N3O4S/c16-12(17)10-7-13-15(9-3-6-20(18,19)8-9)11(10)14-4-1-2-5-14/h1-2,4-5,7,9H,3,6,8H2,(H,16,17)/t9-/m1/s1. The van der Waals surface area contributed by atoms with Crippen LogP contribution in [-0.4, -0.2) is 45.3 Å². The van der Waals surface area contributed by atoms with E-state index in [1.807, 2.05) is 0 Å². The summed E-state index contributed by atoms with van der Waals surface area (Å²) in [6.07, 6.45) is 5.15. The van der Waals surface area contributed by atoms with Gasteiger partial charge in [0, 0.05) is 12.4 Å². The smallest absolute Gasteiger partial charge is 0.341 e. The fourth-order valence-corrected chi connectivity index (χ4v) is 4.17. The van der Waals surface area contributed by atoms with Crippen molar-refractivity contribution in [1.29, 1.82) is 0 Å². The van der Waals surface area contributed by atoms with Gasteiger partial charge in [-0.2, -0.15) is 5.10 Å². The van der Waals surface area contributed by atoms with Gasteiger partial charge in [-0.05, 0) is 18.6 Å². The first-order valence-electron chi connectivity index (χ1n) is 6.12. The van der Waals surface area contributed by atoms with E-state index in [-0.39, 0.29) is 23.1 Å². The Morgan fingerprint density at radius 1 is 1.35 bits per heavy atom. The Hall–Kier alpha value is -2.09. The molecule has 3 rings (SSSR count). The van der Waals surface area contributed by atoms with E-state index in [1.54, 1.807) is 29.1 Å². The number of hydrogen-bond donors (Lipinski definition) is 1. The molecule has 8 heteroatoms. The predicted octanol–water partition coefficient (Wildman–Crippen LogP) is 0.732. The molecule has 1 fully saturated rings. The van der Waals surface area contributed by atoms with Crippen LogP contribution in [0.3, 0.4) is 0 Å². The van der Waals surface area contributed by atoms with Gasteiger partial charge >= 0.3 is 5.97 Å². The summed E-state index contributed by atoms with van der Waals surface area (Å²) in [4.78, 5) is 11.3. The molecule has 0 aromatic carbocycles. The second-order valence-corrected chi connectivity index (χ2v) is 7.01. The summed E-state index contributed by atoms with van der Waals surface area (Å²) in [7, 11) is -3.06. The van der Waals surface area contributed by atoms with Crippen LogP contribution in [0.15, 0.2) is 30.7 Å². The van der Waals surface area contributed by atoms with E-state index in [0.29, 0.717) is 12.2 Å². The number of sulfone groups is 1. The molecular formula is C12H13N3O4S. The first-order valence-corrected chi connectivity index (χ1v) is 7.94. The van der Waals surface area contributed by atoms with Gasteiger partial charge in [-0.1, -0.05) is 0 Å². The Morgan fingerprint density at radius 2 is 2.05 bits per heavy atom. The molecule has 1 aliphatic heterocycles. The second kappa shape index (κ2) is 4.48. The molecule has 0 radical (unpaired) electrons. The maximum Gasteiger partial charge on any atom is 0.341 e. The number of nitrogens with zero attached hydrogens (tertiary/aromatic N) is 3. The molecule has 0 spiro atoms. The monoisotopic (exact) mass is 295 g/mol. The normalized spacial score (nSPS) is 21.1. The topological polar surface area (TPSA) is 94.2 Å². The van der Waals surface area contributed by atoms with Crippen molar-refractivity contribution in [2.75, 3.05) is 11.5 Å². The molecule has 106 valence electrons. The van der Waals surface area contributed by atoms with E-state index in [0.717, 1.165) is 0 Å². The lowest BCUT2D eigenvalue weighted by Crippen LogP contribution is -2.17. The fourth-order valence-electron chi connectivity index (χ4n) is 2.48. The van der Waals surface area contributed by atoms with Gasteiger partial charge < -0.3 is 9.67 Å². The fraction of sp³-hybridized carbons (Fsp3) is 0.333. The molecule has 0 saturated carbocycles. The molecule has 1 aliphatic rings. The number of aromatic nitrogens is 3. The van der Waals surface area contributed by atoms with Crippen LogP contribution in [0.1, 0.15) is 22.8 Å². The van der Waals surface area contributed by atoms with E-state index in [2.05, 4.69) is 5.10 Å². The zero-order valence-electron chi connectivity index (χ0n) is 10.5. The van der Waals surface area contributed by atoms with Crippen LogP contribution in [0, 0.1) is 0 Å². The van der Waals surface area contributed by atoms with Crippen LogP contribution in [0.2, 0.25) is 0 Å². The average molecular weight is 295 g/mol. The quantitative estimate of drug-likeness (QED) is 0.901. The minimum atomic E-state index is -3.06. The summed E-state index contributed by atoms with van der Waals surface area (Å²) in [5.74, 6) is -0.571. The van der Waals surface area contributed by atoms with Gasteiger partial charge in [-0.3, -0.25) is 0 Å². The van der Waals surface area contributed by atoms with Crippen molar-refractivity contribution >= 4 is 15.8 Å². The maximum atomic E-state index is 11.6. The van der Waals surface area contributed by atoms with Crippen LogP contribution >= 0.6 is 0 Å². The molecule has 0 unspecified atom stereocenters. The SMILES string of the molecule is O=C(O)c1cnn([C@@H]2CCS(=O)(=O)C2)c1-n1cccc1. The summed E-state index contributed by atoms with van der Waals surface area (Å²) in [5, 5.41) is 13.3. The van der Waals surface area contributed by atoms with Crippen molar-refractivity contribution in [3.8, 4) is 5.82 Å². The molecule has 2 aromatic rings. The summed E-state index contributed by atoms with van der Waals surface area (Å²) in [5.41, 5.74) is 0.0606. The molecule has 1 N–H and O–H groups in total. The molecule has 0 aliphatic carbocycles. The maximum absolute atomic E-state index is 11.6. The Bertz CT molecular complexity index is 746. The summed E-state index contributed by atoms with van der Waals surface area (Å²) < 4.78 is 26.3.